The van der Waals surface area contributed by atoms with E-state index < -0.39 is 0 Å². The van der Waals surface area contributed by atoms with Crippen LogP contribution in [0, 0.1) is 0 Å². The van der Waals surface area contributed by atoms with Crippen LogP contribution in [0.15, 0.2) is 41.3 Å². The minimum Gasteiger partial charge on any atom is -0.494 e. The molecule has 0 aliphatic carbocycles. The van der Waals surface area contributed by atoms with Crippen LogP contribution in [0.25, 0.3) is 6.08 Å². The number of nitrogens with one attached hydrogen (secondary N) is 2. The van der Waals surface area contributed by atoms with Gasteiger partial charge in [-0.1, -0.05) is 47.7 Å². The number of hydrogen-bond acceptors (Lipinski definition) is 7. The van der Waals surface area contributed by atoms with Crippen molar-refractivity contribution in [1.82, 2.24) is 10.2 Å². The molecule has 0 spiro atoms. The molecule has 3 heterocycles. The zero-order valence-corrected chi connectivity index (χ0v) is 22.8. The molecule has 3 aliphatic rings. The van der Waals surface area contributed by atoms with Crippen LogP contribution in [0.2, 0.25) is 5.02 Å². The molecule has 0 aromatic heterocycles. The number of halogens is 1. The van der Waals surface area contributed by atoms with Crippen molar-refractivity contribution in [2.75, 3.05) is 49.5 Å². The number of rotatable bonds is 8. The van der Waals surface area contributed by atoms with E-state index in [4.69, 9.17) is 28.6 Å². The lowest BCUT2D eigenvalue weighted by atomic mass is 10.0. The highest BCUT2D eigenvalue weighted by Crippen LogP contribution is 2.34. The van der Waals surface area contributed by atoms with Crippen molar-refractivity contribution in [3.05, 3.63) is 57.5 Å². The van der Waals surface area contributed by atoms with Gasteiger partial charge in [0, 0.05) is 60.6 Å². The Morgan fingerprint density at radius 1 is 1.05 bits per heavy atom. The molecule has 37 heavy (non-hydrogen) atoms. The van der Waals surface area contributed by atoms with Crippen molar-refractivity contribution < 1.29 is 14.3 Å². The number of nitrogens with zero attached hydrogens (tertiary/aromatic N) is 2. The molecule has 2 aromatic carbocycles. The van der Waals surface area contributed by atoms with Gasteiger partial charge in [0.15, 0.2) is 0 Å². The number of carbonyl (C=O) groups excluding carboxylic acids is 2. The summed E-state index contributed by atoms with van der Waals surface area (Å²) < 4.78 is 6.40. The SMILES string of the molecule is O=C1CCc2ccc(OCCCCN3CCN(c4cccc(Cl)c4C=C4SC(=S)NC4=O)CC3)cc2N1. The largest absolute Gasteiger partial charge is 0.494 e. The summed E-state index contributed by atoms with van der Waals surface area (Å²) >= 11 is 12.9. The Hall–Kier alpha value is -2.59. The van der Waals surface area contributed by atoms with E-state index in [1.807, 2.05) is 36.4 Å². The third-order valence-electron chi connectivity index (χ3n) is 6.77. The second-order valence-corrected chi connectivity index (χ2v) is 11.4. The molecule has 2 aromatic rings. The first-order valence-corrected chi connectivity index (χ1v) is 14.1. The van der Waals surface area contributed by atoms with Crippen molar-refractivity contribution in [2.45, 2.75) is 25.7 Å². The van der Waals surface area contributed by atoms with Crippen LogP contribution >= 0.6 is 35.6 Å². The maximum absolute atomic E-state index is 12.2. The molecule has 2 saturated heterocycles. The third-order valence-corrected chi connectivity index (χ3v) is 8.27. The van der Waals surface area contributed by atoms with E-state index in [-0.39, 0.29) is 11.8 Å². The van der Waals surface area contributed by atoms with Gasteiger partial charge in [-0.15, -0.1) is 0 Å². The molecule has 2 fully saturated rings. The van der Waals surface area contributed by atoms with Crippen LogP contribution in [0.3, 0.4) is 0 Å². The van der Waals surface area contributed by atoms with Crippen LogP contribution < -0.4 is 20.3 Å². The summed E-state index contributed by atoms with van der Waals surface area (Å²) in [6, 6.07) is 11.8. The maximum Gasteiger partial charge on any atom is 0.263 e. The fourth-order valence-electron chi connectivity index (χ4n) is 4.78. The fraction of sp³-hybridized carbons (Fsp3) is 0.370. The Balaban J connectivity index is 1.08. The molecule has 2 amide bonds. The number of hydrogen-bond donors (Lipinski definition) is 2. The van der Waals surface area contributed by atoms with Crippen molar-refractivity contribution in [2.24, 2.45) is 0 Å². The number of thiocarbonyl (C=S) groups is 1. The number of fused-ring (bicyclic) bond motifs is 1. The topological polar surface area (TPSA) is 73.9 Å². The number of thioether (sulfide) groups is 1. The smallest absolute Gasteiger partial charge is 0.263 e. The van der Waals surface area contributed by atoms with Crippen molar-refractivity contribution in [3.8, 4) is 5.75 Å². The average Bonchev–Trinajstić information content (AvgIpc) is 3.21. The lowest BCUT2D eigenvalue weighted by Crippen LogP contribution is -2.46. The second-order valence-electron chi connectivity index (χ2n) is 9.28. The highest BCUT2D eigenvalue weighted by atomic mass is 35.5. The summed E-state index contributed by atoms with van der Waals surface area (Å²) in [5.41, 5.74) is 3.94. The van der Waals surface area contributed by atoms with E-state index in [0.717, 1.165) is 74.7 Å². The average molecular weight is 557 g/mol. The Morgan fingerprint density at radius 3 is 2.68 bits per heavy atom. The molecular weight excluding hydrogens is 528 g/mol. The number of benzene rings is 2. The number of aryl methyl sites for hydroxylation is 1. The van der Waals surface area contributed by atoms with Gasteiger partial charge in [0.1, 0.15) is 10.1 Å². The van der Waals surface area contributed by atoms with E-state index in [2.05, 4.69) is 26.5 Å². The summed E-state index contributed by atoms with van der Waals surface area (Å²) in [5, 5.41) is 6.21. The third kappa shape index (κ3) is 6.46. The Morgan fingerprint density at radius 2 is 1.89 bits per heavy atom. The van der Waals surface area contributed by atoms with Gasteiger partial charge in [0.2, 0.25) is 5.91 Å². The van der Waals surface area contributed by atoms with Crippen LogP contribution in [-0.2, 0) is 16.0 Å². The zero-order chi connectivity index (χ0) is 25.8. The van der Waals surface area contributed by atoms with Crippen molar-refractivity contribution in [3.63, 3.8) is 0 Å². The molecule has 194 valence electrons. The molecule has 0 atom stereocenters. The Bertz CT molecular complexity index is 1240. The van der Waals surface area contributed by atoms with E-state index in [1.54, 1.807) is 0 Å². The minimum atomic E-state index is -0.173. The molecular formula is C27H29ClN4O3S2. The highest BCUT2D eigenvalue weighted by molar-refractivity contribution is 8.26. The molecule has 5 rings (SSSR count). The first-order valence-electron chi connectivity index (χ1n) is 12.5. The van der Waals surface area contributed by atoms with Gasteiger partial charge >= 0.3 is 0 Å². The molecule has 2 N–H and O–H groups in total. The minimum absolute atomic E-state index is 0.0678. The number of unbranched alkanes of at least 4 members (excludes halogenated alkanes) is 1. The molecule has 7 nitrogen and oxygen atoms in total. The zero-order valence-electron chi connectivity index (χ0n) is 20.4. The molecule has 0 unspecified atom stereocenters. The quantitative estimate of drug-likeness (QED) is 0.277. The predicted molar refractivity (Wildman–Crippen MR) is 155 cm³/mol. The Labute approximate surface area is 231 Å². The first kappa shape index (κ1) is 26.0. The summed E-state index contributed by atoms with van der Waals surface area (Å²) in [6.07, 6.45) is 5.21. The Kier molecular flexibility index (Phi) is 8.34. The highest BCUT2D eigenvalue weighted by Gasteiger charge is 2.25. The number of anilines is 2. The summed E-state index contributed by atoms with van der Waals surface area (Å²) in [5.74, 6) is 0.698. The first-order chi connectivity index (χ1) is 18.0. The van der Waals surface area contributed by atoms with Crippen molar-refractivity contribution in [1.29, 1.82) is 0 Å². The van der Waals surface area contributed by atoms with Gasteiger partial charge < -0.3 is 20.3 Å². The van der Waals surface area contributed by atoms with Crippen LogP contribution in [0.1, 0.15) is 30.4 Å². The van der Waals surface area contributed by atoms with Gasteiger partial charge in [-0.3, -0.25) is 14.5 Å². The summed E-state index contributed by atoms with van der Waals surface area (Å²) in [4.78, 5) is 29.2. The summed E-state index contributed by atoms with van der Waals surface area (Å²) in [6.45, 7) is 5.40. The van der Waals surface area contributed by atoms with Gasteiger partial charge in [0.25, 0.3) is 5.91 Å². The van der Waals surface area contributed by atoms with Gasteiger partial charge in [-0.05, 0) is 55.6 Å². The second kappa shape index (κ2) is 11.9. The van der Waals surface area contributed by atoms with E-state index in [0.29, 0.717) is 27.3 Å². The van der Waals surface area contributed by atoms with Gasteiger partial charge in [0.05, 0.1) is 11.5 Å². The lowest BCUT2D eigenvalue weighted by molar-refractivity contribution is -0.116. The predicted octanol–water partition coefficient (Wildman–Crippen LogP) is 4.69. The van der Waals surface area contributed by atoms with E-state index >= 15 is 0 Å². The molecule has 3 aliphatic heterocycles. The number of ether oxygens (including phenoxy) is 1. The number of piperazine rings is 1. The molecule has 0 saturated carbocycles. The molecule has 10 heteroatoms. The number of amides is 2. The maximum atomic E-state index is 12.2. The van der Waals surface area contributed by atoms with Crippen LogP contribution in [0.4, 0.5) is 11.4 Å². The monoisotopic (exact) mass is 556 g/mol. The standard InChI is InChI=1S/C27H29ClN4O3S2/c28-21-4-3-5-23(20(21)17-24-26(34)30-27(36)37-24)32-13-11-31(12-14-32)10-1-2-15-35-19-8-6-18-7-9-25(33)29-22(18)16-19/h3-6,8,16-17H,1-2,7,9-15H2,(H,29,33)(H,30,34,36). The van der Waals surface area contributed by atoms with E-state index in [9.17, 15) is 9.59 Å². The lowest BCUT2D eigenvalue weighted by Gasteiger charge is -2.37. The van der Waals surface area contributed by atoms with Crippen LogP contribution in [0.5, 0.6) is 5.75 Å². The number of carbonyl (C=O) groups is 2. The molecule has 0 radical (unpaired) electrons. The van der Waals surface area contributed by atoms with Gasteiger partial charge in [-0.25, -0.2) is 0 Å². The summed E-state index contributed by atoms with van der Waals surface area (Å²) in [7, 11) is 0. The molecule has 0 bridgehead atoms. The van der Waals surface area contributed by atoms with Gasteiger partial charge in [-0.2, -0.15) is 0 Å². The van der Waals surface area contributed by atoms with Crippen molar-refractivity contribution >= 4 is 69.2 Å². The fourth-order valence-corrected chi connectivity index (χ4v) is 6.03. The van der Waals surface area contributed by atoms with Crippen LogP contribution in [-0.4, -0.2) is 60.4 Å². The van der Waals surface area contributed by atoms with E-state index in [1.165, 1.54) is 17.3 Å². The normalized spacial score (nSPS) is 19.1.